The average molecular weight is 485 g/mol. The largest absolute Gasteiger partial charge is 0.467 e. The Labute approximate surface area is 194 Å². The van der Waals surface area contributed by atoms with Crippen molar-refractivity contribution in [3.63, 3.8) is 0 Å². The number of nitrogens with zero attached hydrogens (tertiary/aromatic N) is 2. The van der Waals surface area contributed by atoms with Gasteiger partial charge in [0.2, 0.25) is 0 Å². The molecular weight excluding hydrogens is 458 g/mol. The lowest BCUT2D eigenvalue weighted by atomic mass is 9.92. The molecule has 0 unspecified atom stereocenters. The van der Waals surface area contributed by atoms with Crippen LogP contribution in [0, 0.1) is 5.82 Å². The molecule has 5 rings (SSSR count). The minimum atomic E-state index is -4.73. The van der Waals surface area contributed by atoms with E-state index in [1.165, 1.54) is 20.0 Å². The molecule has 2 saturated carbocycles. The van der Waals surface area contributed by atoms with E-state index in [-0.39, 0.29) is 47.9 Å². The summed E-state index contributed by atoms with van der Waals surface area (Å²) >= 11 is 0. The minimum absolute atomic E-state index is 0.0463. The molecule has 34 heavy (non-hydrogen) atoms. The summed E-state index contributed by atoms with van der Waals surface area (Å²) in [4.78, 5) is 0. The lowest BCUT2D eigenvalue weighted by molar-refractivity contribution is -0.137. The maximum Gasteiger partial charge on any atom is 0.416 e. The number of nitrogen functional groups attached to an aromatic ring is 1. The molecule has 1 aromatic carbocycles. The van der Waals surface area contributed by atoms with Gasteiger partial charge in [-0.1, -0.05) is 12.8 Å². The molecule has 2 heterocycles. The summed E-state index contributed by atoms with van der Waals surface area (Å²) in [6.45, 7) is -0.161. The van der Waals surface area contributed by atoms with Gasteiger partial charge in [0.1, 0.15) is 17.3 Å². The Kier molecular flexibility index (Phi) is 6.97. The van der Waals surface area contributed by atoms with E-state index >= 15 is 0 Å². The number of fused-ring (bicyclic) bond motifs is 1. The monoisotopic (exact) mass is 485 g/mol. The number of anilines is 1. The second kappa shape index (κ2) is 9.63. The van der Waals surface area contributed by atoms with Crippen molar-refractivity contribution in [1.82, 2.24) is 10.2 Å². The van der Waals surface area contributed by atoms with E-state index in [0.717, 1.165) is 31.7 Å². The number of hydrogen-bond donors (Lipinski definition) is 2. The number of aliphatic hydroxyl groups excluding tert-OH is 1. The van der Waals surface area contributed by atoms with Crippen molar-refractivity contribution in [2.75, 3.05) is 19.6 Å². The van der Waals surface area contributed by atoms with Gasteiger partial charge in [0.25, 0.3) is 0 Å². The first kappa shape index (κ1) is 24.6. The van der Waals surface area contributed by atoms with E-state index in [1.807, 2.05) is 0 Å². The van der Waals surface area contributed by atoms with Crippen LogP contribution < -0.4 is 10.5 Å². The van der Waals surface area contributed by atoms with Crippen molar-refractivity contribution in [3.8, 4) is 17.0 Å². The van der Waals surface area contributed by atoms with Gasteiger partial charge >= 0.3 is 6.18 Å². The Balaban J connectivity index is 0.000000398. The van der Waals surface area contributed by atoms with Crippen LogP contribution in [-0.4, -0.2) is 40.9 Å². The SMILES string of the molecule is COCOc1cc(C(F)(F)F)cc(F)c1-c1nnc(N)c2c1CC1(CC1)OC2.OC1CCCC1. The van der Waals surface area contributed by atoms with Crippen LogP contribution in [0.2, 0.25) is 0 Å². The molecule has 0 bridgehead atoms. The molecule has 1 aromatic heterocycles. The smallest absolute Gasteiger partial charge is 0.416 e. The summed E-state index contributed by atoms with van der Waals surface area (Å²) in [6.07, 6.45) is 1.99. The number of nitrogens with two attached hydrogens (primary N) is 1. The fraction of sp³-hybridized carbons (Fsp3) is 0.565. The van der Waals surface area contributed by atoms with E-state index in [1.54, 1.807) is 0 Å². The number of rotatable bonds is 4. The molecule has 186 valence electrons. The molecule has 0 saturated heterocycles. The lowest BCUT2D eigenvalue weighted by Crippen LogP contribution is -2.26. The molecule has 11 heteroatoms. The van der Waals surface area contributed by atoms with E-state index in [9.17, 15) is 17.6 Å². The highest BCUT2D eigenvalue weighted by Crippen LogP contribution is 2.50. The highest BCUT2D eigenvalue weighted by molar-refractivity contribution is 5.74. The molecule has 3 N–H and O–H groups in total. The zero-order chi connectivity index (χ0) is 24.5. The Bertz CT molecular complexity index is 1040. The quantitative estimate of drug-likeness (QED) is 0.489. The van der Waals surface area contributed by atoms with Gasteiger partial charge in [0, 0.05) is 19.1 Å². The van der Waals surface area contributed by atoms with Gasteiger partial charge in [0.15, 0.2) is 12.6 Å². The number of benzene rings is 1. The number of methoxy groups -OCH3 is 1. The maximum absolute atomic E-state index is 14.9. The van der Waals surface area contributed by atoms with E-state index < -0.39 is 17.6 Å². The predicted molar refractivity (Wildman–Crippen MR) is 114 cm³/mol. The van der Waals surface area contributed by atoms with Crippen LogP contribution in [0.3, 0.4) is 0 Å². The van der Waals surface area contributed by atoms with Crippen LogP contribution in [0.25, 0.3) is 11.3 Å². The van der Waals surface area contributed by atoms with Gasteiger partial charge in [-0.2, -0.15) is 13.2 Å². The lowest BCUT2D eigenvalue weighted by Gasteiger charge is -2.27. The first-order chi connectivity index (χ1) is 16.1. The Morgan fingerprint density at radius 3 is 2.44 bits per heavy atom. The van der Waals surface area contributed by atoms with Crippen molar-refractivity contribution in [2.24, 2.45) is 0 Å². The Morgan fingerprint density at radius 1 is 1.18 bits per heavy atom. The molecule has 0 radical (unpaired) electrons. The van der Waals surface area contributed by atoms with Gasteiger partial charge in [-0.05, 0) is 43.4 Å². The maximum atomic E-state index is 14.9. The topological polar surface area (TPSA) is 99.7 Å². The third-order valence-electron chi connectivity index (χ3n) is 6.32. The zero-order valence-electron chi connectivity index (χ0n) is 18.8. The average Bonchev–Trinajstić information content (AvgIpc) is 3.35. The first-order valence-electron chi connectivity index (χ1n) is 11.1. The van der Waals surface area contributed by atoms with Crippen molar-refractivity contribution < 1.29 is 36.9 Å². The normalized spacial score (nSPS) is 18.9. The van der Waals surface area contributed by atoms with Crippen molar-refractivity contribution >= 4 is 5.82 Å². The van der Waals surface area contributed by atoms with Crippen LogP contribution in [0.15, 0.2) is 12.1 Å². The number of hydrogen-bond acceptors (Lipinski definition) is 7. The number of ether oxygens (including phenoxy) is 3. The predicted octanol–water partition coefficient (Wildman–Crippen LogP) is 4.39. The molecule has 2 aromatic rings. The van der Waals surface area contributed by atoms with Crippen molar-refractivity contribution in [1.29, 1.82) is 0 Å². The molecule has 2 aliphatic carbocycles. The summed E-state index contributed by atoms with van der Waals surface area (Å²) in [7, 11) is 1.31. The van der Waals surface area contributed by atoms with E-state index in [0.29, 0.717) is 23.6 Å². The summed E-state index contributed by atoms with van der Waals surface area (Å²) in [5, 5.41) is 16.6. The molecule has 1 spiro atoms. The van der Waals surface area contributed by atoms with Crippen LogP contribution in [0.1, 0.15) is 55.2 Å². The molecule has 7 nitrogen and oxygen atoms in total. The van der Waals surface area contributed by atoms with Crippen LogP contribution in [0.5, 0.6) is 5.75 Å². The minimum Gasteiger partial charge on any atom is -0.467 e. The van der Waals surface area contributed by atoms with Gasteiger partial charge in [-0.25, -0.2) is 4.39 Å². The second-order valence-electron chi connectivity index (χ2n) is 8.86. The number of aliphatic hydroxyl groups is 1. The third-order valence-corrected chi connectivity index (χ3v) is 6.32. The van der Waals surface area contributed by atoms with Crippen LogP contribution >= 0.6 is 0 Å². The van der Waals surface area contributed by atoms with E-state index in [2.05, 4.69) is 10.2 Å². The fourth-order valence-corrected chi connectivity index (χ4v) is 4.25. The van der Waals surface area contributed by atoms with Gasteiger partial charge in [-0.15, -0.1) is 10.2 Å². The highest BCUT2D eigenvalue weighted by Gasteiger charge is 2.48. The molecule has 2 fully saturated rings. The summed E-state index contributed by atoms with van der Waals surface area (Å²) in [6, 6.07) is 1.15. The summed E-state index contributed by atoms with van der Waals surface area (Å²) < 4.78 is 70.1. The summed E-state index contributed by atoms with van der Waals surface area (Å²) in [5.74, 6) is -1.29. The van der Waals surface area contributed by atoms with E-state index in [4.69, 9.17) is 25.1 Å². The third kappa shape index (κ3) is 5.26. The number of alkyl halides is 3. The molecular formula is C23H27F4N3O4. The number of halogens is 4. The van der Waals surface area contributed by atoms with Gasteiger partial charge < -0.3 is 25.1 Å². The van der Waals surface area contributed by atoms with Crippen molar-refractivity contribution in [2.45, 2.75) is 69.4 Å². The van der Waals surface area contributed by atoms with Gasteiger partial charge in [-0.3, -0.25) is 0 Å². The zero-order valence-corrected chi connectivity index (χ0v) is 18.8. The van der Waals surface area contributed by atoms with Crippen LogP contribution in [-0.2, 0) is 28.7 Å². The van der Waals surface area contributed by atoms with Crippen molar-refractivity contribution in [3.05, 3.63) is 34.6 Å². The Morgan fingerprint density at radius 2 is 1.88 bits per heavy atom. The highest BCUT2D eigenvalue weighted by atomic mass is 19.4. The first-order valence-corrected chi connectivity index (χ1v) is 11.1. The standard InChI is InChI=1S/C18H17F4N3O3.C5H10O/c1-26-8-27-13-5-9(18(20,21)22)4-12(19)14(13)15-10-6-17(2-3-17)28-7-11(10)16(23)25-24-15;6-5-3-1-2-4-5/h4-5H,2-3,6-8H2,1H3,(H2,23,25);5-6H,1-4H2. The molecule has 1 aliphatic heterocycles. The molecule has 3 aliphatic rings. The summed E-state index contributed by atoms with van der Waals surface area (Å²) in [5.41, 5.74) is 5.48. The molecule has 0 amide bonds. The van der Waals surface area contributed by atoms with Gasteiger partial charge in [0.05, 0.1) is 29.4 Å². The van der Waals surface area contributed by atoms with Crippen LogP contribution in [0.4, 0.5) is 23.4 Å². The molecule has 0 atom stereocenters. The number of aromatic nitrogens is 2. The Hall–Kier alpha value is -2.50. The second-order valence-corrected chi connectivity index (χ2v) is 8.86. The fourth-order valence-electron chi connectivity index (χ4n) is 4.25.